The average molecular weight is 1910 g/mol. The van der Waals surface area contributed by atoms with Crippen LogP contribution in [-0.4, -0.2) is 29.1 Å². The van der Waals surface area contributed by atoms with Crippen molar-refractivity contribution in [1.82, 2.24) is 29.1 Å². The van der Waals surface area contributed by atoms with Gasteiger partial charge in [0, 0.05) is 57.6 Å². The van der Waals surface area contributed by atoms with Crippen LogP contribution in [-0.2, 0) is 0 Å². The molecule has 0 N–H and O–H groups in total. The molecule has 28 aromatic rings. The van der Waals surface area contributed by atoms with Crippen molar-refractivity contribution in [2.75, 3.05) is 0 Å². The molecule has 0 radical (unpaired) electrons. The van der Waals surface area contributed by atoms with Crippen molar-refractivity contribution in [2.45, 2.75) is 0 Å². The number of pyridine rings is 4. The lowest BCUT2D eigenvalue weighted by atomic mass is 9.83. The number of hydrogen-bond acceptors (Lipinski definition) is 4. The van der Waals surface area contributed by atoms with Crippen LogP contribution < -0.4 is 0 Å². The van der Waals surface area contributed by atoms with Crippen LogP contribution in [0, 0.1) is 0 Å². The van der Waals surface area contributed by atoms with Gasteiger partial charge in [0.05, 0.1) is 39.8 Å². The lowest BCUT2D eigenvalue weighted by molar-refractivity contribution is 1.13. The van der Waals surface area contributed by atoms with E-state index in [2.05, 4.69) is 548 Å². The molecule has 0 saturated carbocycles. The molecule has 0 aliphatic carbocycles. The van der Waals surface area contributed by atoms with Gasteiger partial charge in [-0.3, -0.25) is 19.5 Å². The van der Waals surface area contributed by atoms with E-state index in [9.17, 15) is 0 Å². The summed E-state index contributed by atoms with van der Waals surface area (Å²) >= 11 is 0. The minimum atomic E-state index is 0.815. The van der Waals surface area contributed by atoms with Gasteiger partial charge in [-0.1, -0.05) is 431 Å². The average Bonchev–Trinajstić information content (AvgIpc) is 0.963. The SMILES string of the molecule is c1ccc(-c2cccc(-c3ccc(-c4c5ccccc5c(-c5ccc(-c6cccc(-c7ccccc7)c6)cc5)c5cc(-c6ccc(-c7ccc(-n8c9ccccc9c9cnccc98)cn7)nc6)ccc45)cc3)c2)cc1.c1ccc(-c2cccc(-c3cccc(-c4c5ccccc5c(-c5cccc(-c6cccc(-c7ccccc7)c6)c5)c5cc(-c6ccc(-c7ccc(-n8c9ccccc9c9cccnc98)cc7)cc6)ccc45)c3)c2)cc1. The Hall–Kier alpha value is -19.9. The van der Waals surface area contributed by atoms with Gasteiger partial charge in [0.15, 0.2) is 0 Å². The summed E-state index contributed by atoms with van der Waals surface area (Å²) in [5.41, 5.74) is 43.6. The fourth-order valence-electron chi connectivity index (χ4n) is 22.6. The van der Waals surface area contributed by atoms with E-state index < -0.39 is 0 Å². The van der Waals surface area contributed by atoms with Gasteiger partial charge in [-0.15, -0.1) is 0 Å². The zero-order valence-electron chi connectivity index (χ0n) is 82.0. The molecule has 150 heavy (non-hydrogen) atoms. The highest BCUT2D eigenvalue weighted by molar-refractivity contribution is 6.24. The molecular weight excluding hydrogens is 1810 g/mol. The zero-order valence-corrected chi connectivity index (χ0v) is 82.0. The molecule has 0 unspecified atom stereocenters. The standard InChI is InChI=1S/C73H48N2.C71H46N4/c1-3-16-49(17-4-1)54-20-11-22-56(44-54)58-24-13-26-61(46-58)71-65-29-7-8-30-66(65)72(62-27-14-25-59(47-62)57-23-12-21-55(45-57)50-18-5-2-6-19-50)69-48-60(39-42-67(69)71)53-35-33-51(34-36-53)52-37-40-63(41-38-52)75-70-32-10-9-28-64(70)68-31-15-43-74-73(68)75;1-3-13-47(14-4-1)53-17-11-19-55(41-53)49-25-29-51(30-26-49)70-61-22-7-8-23-62(61)71(52-31-27-50(28-32-52)56-20-12-18-54(42-56)48-15-5-2-6-16-48)64-43-57(33-36-63(64)70)58-34-37-66(73-44-58)67-38-35-59(45-74-67)75-68-24-10-9-21-60(68)65-46-72-40-39-69(65)75/h1-48H;1-46H. The van der Waals surface area contributed by atoms with Crippen molar-refractivity contribution in [3.63, 3.8) is 0 Å². The van der Waals surface area contributed by atoms with E-state index in [1.807, 2.05) is 37.1 Å². The third-order valence-corrected chi connectivity index (χ3v) is 29.9. The predicted molar refractivity (Wildman–Crippen MR) is 630 cm³/mol. The van der Waals surface area contributed by atoms with Gasteiger partial charge in [-0.2, -0.15) is 0 Å². The maximum atomic E-state index is 5.04. The highest BCUT2D eigenvalue weighted by atomic mass is 15.0. The van der Waals surface area contributed by atoms with Crippen molar-refractivity contribution in [3.8, 4) is 190 Å². The molecule has 700 valence electrons. The maximum absolute atomic E-state index is 5.04. The lowest BCUT2D eigenvalue weighted by Crippen LogP contribution is -1.96. The van der Waals surface area contributed by atoms with Gasteiger partial charge < -0.3 is 4.57 Å². The zero-order chi connectivity index (χ0) is 99.3. The predicted octanol–water partition coefficient (Wildman–Crippen LogP) is 38.4. The molecule has 0 aliphatic heterocycles. The second-order valence-electron chi connectivity index (χ2n) is 38.6. The molecule has 6 heteroatoms. The summed E-state index contributed by atoms with van der Waals surface area (Å²) in [6.07, 6.45) is 9.59. The molecule has 6 nitrogen and oxygen atoms in total. The van der Waals surface area contributed by atoms with Gasteiger partial charge in [0.2, 0.25) is 0 Å². The van der Waals surface area contributed by atoms with E-state index in [-0.39, 0.29) is 0 Å². The van der Waals surface area contributed by atoms with Gasteiger partial charge in [-0.25, -0.2) is 4.98 Å². The quantitative estimate of drug-likeness (QED) is 0.0803. The van der Waals surface area contributed by atoms with Gasteiger partial charge in [0.25, 0.3) is 0 Å². The Bertz CT molecular complexity index is 9890. The van der Waals surface area contributed by atoms with Crippen LogP contribution >= 0.6 is 0 Å². The van der Waals surface area contributed by atoms with Crippen molar-refractivity contribution in [3.05, 3.63) is 571 Å². The number of fused-ring (bicyclic) bond motifs is 10. The first-order valence-corrected chi connectivity index (χ1v) is 51.2. The fourth-order valence-corrected chi connectivity index (χ4v) is 22.6. The first-order chi connectivity index (χ1) is 74.4. The second kappa shape index (κ2) is 38.6. The fraction of sp³-hybridized carbons (Fsp3) is 0. The summed E-state index contributed by atoms with van der Waals surface area (Å²) < 4.78 is 4.52. The van der Waals surface area contributed by atoms with E-state index in [1.54, 1.807) is 0 Å². The number of rotatable bonds is 18. The summed E-state index contributed by atoms with van der Waals surface area (Å²) in [4.78, 5) is 19.2. The minimum Gasteiger partial charge on any atom is -0.308 e. The van der Waals surface area contributed by atoms with Gasteiger partial charge in [-0.05, 0) is 314 Å². The molecular formula is C144H94N6. The van der Waals surface area contributed by atoms with Gasteiger partial charge >= 0.3 is 0 Å². The van der Waals surface area contributed by atoms with Crippen LogP contribution in [0.25, 0.3) is 276 Å². The lowest BCUT2D eigenvalue weighted by Gasteiger charge is -2.20. The second-order valence-corrected chi connectivity index (χ2v) is 38.6. The molecule has 22 aromatic carbocycles. The number of nitrogens with zero attached hydrogens (tertiary/aromatic N) is 6. The molecule has 0 amide bonds. The van der Waals surface area contributed by atoms with E-state index in [4.69, 9.17) is 15.0 Å². The number of aromatic nitrogens is 6. The molecule has 0 fully saturated rings. The Morgan fingerprint density at radius 3 is 0.807 bits per heavy atom. The van der Waals surface area contributed by atoms with Crippen LogP contribution in [0.5, 0.6) is 0 Å². The molecule has 0 spiro atoms. The van der Waals surface area contributed by atoms with E-state index in [0.717, 1.165) is 72.4 Å². The smallest absolute Gasteiger partial charge is 0.145 e. The molecule has 0 atom stereocenters. The normalized spacial score (nSPS) is 11.5. The van der Waals surface area contributed by atoms with Crippen LogP contribution in [0.3, 0.4) is 0 Å². The largest absolute Gasteiger partial charge is 0.308 e. The van der Waals surface area contributed by atoms with Crippen LogP contribution in [0.2, 0.25) is 0 Å². The Morgan fingerprint density at radius 2 is 0.393 bits per heavy atom. The Kier molecular flexibility index (Phi) is 22.9. The molecule has 28 rings (SSSR count). The molecule has 6 aromatic heterocycles. The summed E-state index contributed by atoms with van der Waals surface area (Å²) in [5, 5.41) is 14.3. The maximum Gasteiger partial charge on any atom is 0.145 e. The van der Waals surface area contributed by atoms with Gasteiger partial charge in [0.1, 0.15) is 5.65 Å². The minimum absolute atomic E-state index is 0.815. The van der Waals surface area contributed by atoms with Crippen molar-refractivity contribution in [1.29, 1.82) is 0 Å². The first-order valence-electron chi connectivity index (χ1n) is 51.2. The topological polar surface area (TPSA) is 61.4 Å². The third-order valence-electron chi connectivity index (χ3n) is 29.9. The highest BCUT2D eigenvalue weighted by Gasteiger charge is 2.25. The summed E-state index contributed by atoms with van der Waals surface area (Å²) in [6, 6.07) is 196. The van der Waals surface area contributed by atoms with E-state index >= 15 is 0 Å². The van der Waals surface area contributed by atoms with Crippen LogP contribution in [0.1, 0.15) is 0 Å². The van der Waals surface area contributed by atoms with Crippen molar-refractivity contribution >= 4 is 86.8 Å². The highest BCUT2D eigenvalue weighted by Crippen LogP contribution is 2.51. The molecule has 0 saturated heterocycles. The van der Waals surface area contributed by atoms with E-state index in [1.165, 1.54) is 204 Å². The number of hydrogen-bond donors (Lipinski definition) is 0. The number of benzene rings is 22. The number of para-hydroxylation sites is 2. The van der Waals surface area contributed by atoms with Crippen LogP contribution in [0.4, 0.5) is 0 Å². The molecule has 0 aliphatic rings. The van der Waals surface area contributed by atoms with Crippen molar-refractivity contribution < 1.29 is 0 Å². The van der Waals surface area contributed by atoms with Crippen molar-refractivity contribution in [2.24, 2.45) is 0 Å². The molecule has 0 bridgehead atoms. The summed E-state index contributed by atoms with van der Waals surface area (Å²) in [5.74, 6) is 0. The molecule has 6 heterocycles. The first kappa shape index (κ1) is 89.0. The summed E-state index contributed by atoms with van der Waals surface area (Å²) in [7, 11) is 0. The Balaban J connectivity index is 0.000000148. The Morgan fingerprint density at radius 1 is 0.127 bits per heavy atom. The van der Waals surface area contributed by atoms with E-state index in [0.29, 0.717) is 0 Å². The monoisotopic (exact) mass is 1910 g/mol. The third kappa shape index (κ3) is 16.7. The summed E-state index contributed by atoms with van der Waals surface area (Å²) in [6.45, 7) is 0. The van der Waals surface area contributed by atoms with Crippen LogP contribution in [0.15, 0.2) is 571 Å². The Labute approximate surface area is 870 Å².